The fourth-order valence-corrected chi connectivity index (χ4v) is 0.913. The molecule has 2 N–H and O–H groups in total. The molecule has 1 amide bonds. The van der Waals surface area contributed by atoms with E-state index < -0.39 is 42.9 Å². The van der Waals surface area contributed by atoms with E-state index in [4.69, 9.17) is 15.3 Å². The van der Waals surface area contributed by atoms with Crippen LogP contribution in [0, 0.1) is 5.92 Å². The zero-order chi connectivity index (χ0) is 16.3. The number of carboxylic acid groups (broad SMARTS) is 1. The van der Waals surface area contributed by atoms with E-state index in [-0.39, 0.29) is 0 Å². The van der Waals surface area contributed by atoms with Crippen molar-refractivity contribution in [2.75, 3.05) is 0 Å². The third-order valence-corrected chi connectivity index (χ3v) is 1.49. The van der Waals surface area contributed by atoms with E-state index in [0.29, 0.717) is 0 Å². The van der Waals surface area contributed by atoms with Gasteiger partial charge in [0.05, 0.1) is 5.92 Å². The van der Waals surface area contributed by atoms with Gasteiger partial charge in [-0.25, -0.2) is 4.79 Å². The summed E-state index contributed by atoms with van der Waals surface area (Å²) in [4.78, 5) is 22.5. The number of rotatable bonds is 4. The highest BCUT2D eigenvalue weighted by Crippen LogP contribution is 2.09. The van der Waals surface area contributed by atoms with Gasteiger partial charge in [0.25, 0.3) is 0 Å². The molecule has 5 heteroatoms. The minimum atomic E-state index is -2.82. The van der Waals surface area contributed by atoms with Crippen molar-refractivity contribution in [2.45, 2.75) is 52.6 Å². The number of carboxylic acids is 1. The molecular weight excluding hydrogens is 210 g/mol. The molecule has 0 heterocycles. The van der Waals surface area contributed by atoms with Crippen LogP contribution < -0.4 is 5.32 Å². The topological polar surface area (TPSA) is 75.6 Å². The normalized spacial score (nSPS) is 21.5. The molecule has 3 atom stereocenters. The Morgan fingerprint density at radius 1 is 1.56 bits per heavy atom. The lowest BCUT2D eigenvalue weighted by Gasteiger charge is -2.22. The second kappa shape index (κ2) is 5.72. The van der Waals surface area contributed by atoms with Crippen molar-refractivity contribution < 1.29 is 24.9 Å². The molecule has 0 radical (unpaired) electrons. The molecule has 0 saturated carbocycles. The summed E-state index contributed by atoms with van der Waals surface area (Å²) in [5, 5.41) is 11.2. The van der Waals surface area contributed by atoms with Gasteiger partial charge in [0.2, 0.25) is 0 Å². The van der Waals surface area contributed by atoms with Crippen molar-refractivity contribution in [1.82, 2.24) is 5.32 Å². The van der Waals surface area contributed by atoms with Crippen LogP contribution in [0.4, 0.5) is 4.79 Å². The Morgan fingerprint density at radius 2 is 2.12 bits per heavy atom. The minimum Gasteiger partial charge on any atom is -0.481 e. The Bertz CT molecular complexity index is 364. The van der Waals surface area contributed by atoms with Crippen LogP contribution in [-0.4, -0.2) is 28.8 Å². The molecule has 0 aliphatic carbocycles. The number of hydrogen-bond acceptors (Lipinski definition) is 3. The monoisotopic (exact) mass is 235 g/mol. The first-order chi connectivity index (χ1) is 8.75. The van der Waals surface area contributed by atoms with Crippen LogP contribution in [0.15, 0.2) is 0 Å². The zero-order valence-electron chi connectivity index (χ0n) is 13.9. The van der Waals surface area contributed by atoms with E-state index in [1.54, 1.807) is 20.8 Å². The molecule has 0 aliphatic heterocycles. The first kappa shape index (κ1) is 8.84. The minimum absolute atomic E-state index is 0.739. The van der Waals surface area contributed by atoms with E-state index in [9.17, 15) is 9.59 Å². The zero-order valence-corrected chi connectivity index (χ0v) is 9.90. The lowest BCUT2D eigenvalue weighted by molar-refractivity contribution is -0.141. The summed E-state index contributed by atoms with van der Waals surface area (Å²) >= 11 is 0. The molecule has 16 heavy (non-hydrogen) atoms. The molecule has 0 aromatic heterocycles. The Balaban J connectivity index is 4.80. The molecule has 0 aromatic carbocycles. The molecule has 5 nitrogen and oxygen atoms in total. The van der Waals surface area contributed by atoms with E-state index in [0.717, 1.165) is 0 Å². The van der Waals surface area contributed by atoms with Gasteiger partial charge < -0.3 is 15.2 Å². The highest BCUT2D eigenvalue weighted by molar-refractivity contribution is 5.70. The summed E-state index contributed by atoms with van der Waals surface area (Å²) in [6.45, 7) is 3.50. The Morgan fingerprint density at radius 3 is 2.50 bits per heavy atom. The number of aliphatic carboxylic acids is 1. The first-order valence-electron chi connectivity index (χ1n) is 6.98. The van der Waals surface area contributed by atoms with Gasteiger partial charge in [-0.15, -0.1) is 0 Å². The summed E-state index contributed by atoms with van der Waals surface area (Å²) in [7, 11) is 0. The fraction of sp³-hybridized carbons (Fsp3) is 0.818. The summed E-state index contributed by atoms with van der Waals surface area (Å²) in [6.07, 6.45) is -2.34. The molecule has 0 aliphatic rings. The van der Waals surface area contributed by atoms with Gasteiger partial charge in [0.1, 0.15) is 5.60 Å². The summed E-state index contributed by atoms with van der Waals surface area (Å²) in [5.41, 5.74) is -0.739. The average Bonchev–Trinajstić information content (AvgIpc) is 2.10. The Kier molecular flexibility index (Phi) is 3.16. The number of hydrogen-bond donors (Lipinski definition) is 2. The first-order valence-corrected chi connectivity index (χ1v) is 4.90. The van der Waals surface area contributed by atoms with Crippen LogP contribution >= 0.6 is 0 Å². The third kappa shape index (κ3) is 7.09. The quantitative estimate of drug-likeness (QED) is 0.781. The molecular formula is C11H21NO4. The number of ether oxygens (including phenoxy) is 1. The maximum atomic E-state index is 11.5. The SMILES string of the molecule is [2H][C@H]([C@@H](C(=O)O)[12C]([2H])([2H])[2H])[C@@H](C)NC(=O)OC(C)(C)C. The van der Waals surface area contributed by atoms with Crippen molar-refractivity contribution in [3.8, 4) is 0 Å². The molecule has 0 spiro atoms. The maximum Gasteiger partial charge on any atom is 0.407 e. The van der Waals surface area contributed by atoms with Crippen molar-refractivity contribution in [3.05, 3.63) is 0 Å². The maximum absolute atomic E-state index is 11.5. The Labute approximate surface area is 102 Å². The van der Waals surface area contributed by atoms with Crippen LogP contribution in [0.2, 0.25) is 0 Å². The number of carbonyl (C=O) groups excluding carboxylic acids is 1. The summed E-state index contributed by atoms with van der Waals surface area (Å²) in [5.74, 6) is -3.48. The smallest absolute Gasteiger partial charge is 0.407 e. The fourth-order valence-electron chi connectivity index (χ4n) is 0.913. The van der Waals surface area contributed by atoms with E-state index in [1.807, 2.05) is 0 Å². The summed E-state index contributed by atoms with van der Waals surface area (Å²) in [6, 6.07) is -0.980. The van der Waals surface area contributed by atoms with Crippen LogP contribution in [0.5, 0.6) is 0 Å². The van der Waals surface area contributed by atoms with Gasteiger partial charge >= 0.3 is 12.1 Å². The second-order valence-electron chi connectivity index (χ2n) is 4.44. The van der Waals surface area contributed by atoms with Gasteiger partial charge in [-0.2, -0.15) is 0 Å². The largest absolute Gasteiger partial charge is 0.481 e. The van der Waals surface area contributed by atoms with E-state index in [2.05, 4.69) is 5.32 Å². The van der Waals surface area contributed by atoms with Crippen LogP contribution in [0.3, 0.4) is 0 Å². The van der Waals surface area contributed by atoms with Crippen molar-refractivity contribution >= 4 is 12.1 Å². The Hall–Kier alpha value is -1.26. The number of alkyl carbamates (subject to hydrolysis) is 1. The van der Waals surface area contributed by atoms with Gasteiger partial charge in [0, 0.05) is 11.5 Å². The van der Waals surface area contributed by atoms with Gasteiger partial charge in [-0.1, -0.05) is 6.85 Å². The lowest BCUT2D eigenvalue weighted by atomic mass is 10.0. The van der Waals surface area contributed by atoms with Gasteiger partial charge in [0.15, 0.2) is 0 Å². The van der Waals surface area contributed by atoms with Crippen molar-refractivity contribution in [3.63, 3.8) is 0 Å². The molecule has 0 saturated heterocycles. The van der Waals surface area contributed by atoms with Gasteiger partial charge in [-0.3, -0.25) is 4.79 Å². The number of carbonyl (C=O) groups is 2. The van der Waals surface area contributed by atoms with E-state index >= 15 is 0 Å². The molecule has 0 fully saturated rings. The highest BCUT2D eigenvalue weighted by Gasteiger charge is 2.20. The van der Waals surface area contributed by atoms with Crippen LogP contribution in [0.25, 0.3) is 0 Å². The lowest BCUT2D eigenvalue weighted by Crippen LogP contribution is -2.38. The molecule has 94 valence electrons. The third-order valence-electron chi connectivity index (χ3n) is 1.49. The molecule has 0 aromatic rings. The number of amides is 1. The number of nitrogens with one attached hydrogen (secondary N) is 1. The summed E-state index contributed by atoms with van der Waals surface area (Å²) < 4.78 is 34.2. The standard InChI is InChI=1S/C11H21NO4/c1-7(9(13)14)6-8(2)12-10(15)16-11(3,4)5/h7-8H,6H2,1-5H3,(H,12,15)(H,13,14)/t7-,8+/m0/s1/i1+0D3,6D/t6-,7+,8-/m1. The highest BCUT2D eigenvalue weighted by atomic mass is 16.6. The van der Waals surface area contributed by atoms with Crippen LogP contribution in [0.1, 0.15) is 46.4 Å². The predicted octanol–water partition coefficient (Wildman–Crippen LogP) is 2.01. The van der Waals surface area contributed by atoms with E-state index in [1.165, 1.54) is 6.92 Å². The molecule has 0 rings (SSSR count). The van der Waals surface area contributed by atoms with Crippen molar-refractivity contribution in [1.29, 1.82) is 0 Å². The predicted molar refractivity (Wildman–Crippen MR) is 60.2 cm³/mol. The molecule has 0 bridgehead atoms. The second-order valence-corrected chi connectivity index (χ2v) is 4.44. The van der Waals surface area contributed by atoms with Crippen LogP contribution in [-0.2, 0) is 9.53 Å². The van der Waals surface area contributed by atoms with Gasteiger partial charge in [-0.05, 0) is 34.1 Å². The average molecular weight is 235 g/mol. The van der Waals surface area contributed by atoms with Crippen molar-refractivity contribution in [2.24, 2.45) is 5.92 Å². The molecule has 0 unspecified atom stereocenters.